The molecule has 112 valence electrons. The van der Waals surface area contributed by atoms with E-state index in [9.17, 15) is 10.1 Å². The van der Waals surface area contributed by atoms with Crippen molar-refractivity contribution in [1.29, 1.82) is 0 Å². The maximum Gasteiger partial charge on any atom is 0.292 e. The average molecular weight is 282 g/mol. The minimum absolute atomic E-state index is 0.0188. The zero-order chi connectivity index (χ0) is 15.0. The van der Waals surface area contributed by atoms with Gasteiger partial charge in [0.15, 0.2) is 0 Å². The molecule has 0 aliphatic rings. The van der Waals surface area contributed by atoms with Gasteiger partial charge in [0.2, 0.25) is 0 Å². The van der Waals surface area contributed by atoms with E-state index in [0.717, 1.165) is 13.0 Å². The Bertz CT molecular complexity index is 435. The predicted octanol–water partition coefficient (Wildman–Crippen LogP) is 2.56. The van der Waals surface area contributed by atoms with Crippen LogP contribution in [0.15, 0.2) is 18.2 Å². The molecule has 2 N–H and O–H groups in total. The monoisotopic (exact) mass is 282 g/mol. The lowest BCUT2D eigenvalue weighted by atomic mass is 10.2. The highest BCUT2D eigenvalue weighted by atomic mass is 16.6. The van der Waals surface area contributed by atoms with E-state index in [-0.39, 0.29) is 12.3 Å². The smallest absolute Gasteiger partial charge is 0.292 e. The van der Waals surface area contributed by atoms with E-state index in [1.165, 1.54) is 6.07 Å². The van der Waals surface area contributed by atoms with Gasteiger partial charge < -0.3 is 15.2 Å². The largest absolute Gasteiger partial charge is 0.392 e. The van der Waals surface area contributed by atoms with Crippen LogP contribution in [0.4, 0.5) is 11.4 Å². The van der Waals surface area contributed by atoms with Gasteiger partial charge in [-0.2, -0.15) is 0 Å². The van der Waals surface area contributed by atoms with E-state index in [4.69, 9.17) is 9.84 Å². The number of aliphatic hydroxyl groups excluding tert-OH is 1. The van der Waals surface area contributed by atoms with Gasteiger partial charge in [-0.3, -0.25) is 10.1 Å². The molecule has 0 saturated heterocycles. The molecule has 1 rings (SSSR count). The number of nitro benzene ring substituents is 1. The maximum atomic E-state index is 10.9. The molecule has 6 heteroatoms. The number of nitro groups is 1. The second kappa shape index (κ2) is 8.50. The highest BCUT2D eigenvalue weighted by Crippen LogP contribution is 2.25. The minimum Gasteiger partial charge on any atom is -0.392 e. The first-order chi connectivity index (χ1) is 9.54. The van der Waals surface area contributed by atoms with Crippen LogP contribution in [-0.2, 0) is 11.3 Å². The third-order valence-corrected chi connectivity index (χ3v) is 2.67. The summed E-state index contributed by atoms with van der Waals surface area (Å²) in [7, 11) is 0. The Morgan fingerprint density at radius 3 is 2.80 bits per heavy atom. The summed E-state index contributed by atoms with van der Waals surface area (Å²) in [5.41, 5.74) is 1.10. The van der Waals surface area contributed by atoms with E-state index >= 15 is 0 Å². The number of rotatable bonds is 9. The van der Waals surface area contributed by atoms with Crippen molar-refractivity contribution >= 4 is 11.4 Å². The van der Waals surface area contributed by atoms with Gasteiger partial charge in [0.1, 0.15) is 5.69 Å². The van der Waals surface area contributed by atoms with Crippen molar-refractivity contribution in [2.75, 3.05) is 25.1 Å². The molecule has 0 saturated carbocycles. The van der Waals surface area contributed by atoms with Gasteiger partial charge in [-0.05, 0) is 30.0 Å². The van der Waals surface area contributed by atoms with Gasteiger partial charge in [-0.15, -0.1) is 0 Å². The third-order valence-electron chi connectivity index (χ3n) is 2.67. The summed E-state index contributed by atoms with van der Waals surface area (Å²) in [5.74, 6) is 0.505. The van der Waals surface area contributed by atoms with Gasteiger partial charge in [0.25, 0.3) is 5.69 Å². The highest BCUT2D eigenvalue weighted by Gasteiger charge is 2.13. The Morgan fingerprint density at radius 1 is 1.45 bits per heavy atom. The molecule has 6 nitrogen and oxygen atoms in total. The lowest BCUT2D eigenvalue weighted by molar-refractivity contribution is -0.384. The molecule has 0 aliphatic carbocycles. The molecule has 0 radical (unpaired) electrons. The Morgan fingerprint density at radius 2 is 2.20 bits per heavy atom. The molecular weight excluding hydrogens is 260 g/mol. The van der Waals surface area contributed by atoms with Crippen molar-refractivity contribution in [2.45, 2.75) is 26.9 Å². The van der Waals surface area contributed by atoms with Crippen LogP contribution in [0.25, 0.3) is 0 Å². The van der Waals surface area contributed by atoms with Crippen LogP contribution in [-0.4, -0.2) is 29.8 Å². The third kappa shape index (κ3) is 5.54. The number of benzene rings is 1. The number of aliphatic hydroxyl groups is 1. The summed E-state index contributed by atoms with van der Waals surface area (Å²) in [6, 6.07) is 4.56. The van der Waals surface area contributed by atoms with E-state index in [0.29, 0.717) is 30.3 Å². The summed E-state index contributed by atoms with van der Waals surface area (Å²) < 4.78 is 5.44. The average Bonchev–Trinajstić information content (AvgIpc) is 2.41. The Balaban J connectivity index is 2.47. The van der Waals surface area contributed by atoms with E-state index in [1.54, 1.807) is 12.1 Å². The van der Waals surface area contributed by atoms with Crippen molar-refractivity contribution in [2.24, 2.45) is 5.92 Å². The normalized spacial score (nSPS) is 10.8. The van der Waals surface area contributed by atoms with Crippen molar-refractivity contribution < 1.29 is 14.8 Å². The van der Waals surface area contributed by atoms with E-state index in [2.05, 4.69) is 19.2 Å². The van der Waals surface area contributed by atoms with Gasteiger partial charge in [-0.1, -0.05) is 13.8 Å². The molecule has 0 bridgehead atoms. The first-order valence-electron chi connectivity index (χ1n) is 6.74. The first kappa shape index (κ1) is 16.4. The summed E-state index contributed by atoms with van der Waals surface area (Å²) in [6.45, 7) is 5.97. The maximum absolute atomic E-state index is 10.9. The molecule has 20 heavy (non-hydrogen) atoms. The zero-order valence-electron chi connectivity index (χ0n) is 12.0. The molecule has 0 amide bonds. The predicted molar refractivity (Wildman–Crippen MR) is 77.8 cm³/mol. The molecule has 0 aliphatic heterocycles. The molecule has 0 aromatic heterocycles. The second-order valence-corrected chi connectivity index (χ2v) is 5.02. The van der Waals surface area contributed by atoms with Crippen molar-refractivity contribution in [3.05, 3.63) is 33.9 Å². The van der Waals surface area contributed by atoms with Crippen LogP contribution in [0, 0.1) is 16.0 Å². The Hall–Kier alpha value is -1.66. The minimum atomic E-state index is -0.432. The highest BCUT2D eigenvalue weighted by molar-refractivity contribution is 5.62. The lowest BCUT2D eigenvalue weighted by Crippen LogP contribution is -2.09. The Labute approximate surface area is 118 Å². The quantitative estimate of drug-likeness (QED) is 0.413. The van der Waals surface area contributed by atoms with Crippen LogP contribution < -0.4 is 5.32 Å². The van der Waals surface area contributed by atoms with Crippen LogP contribution in [0.5, 0.6) is 0 Å². The van der Waals surface area contributed by atoms with E-state index < -0.39 is 4.92 Å². The van der Waals surface area contributed by atoms with E-state index in [1.807, 2.05) is 0 Å². The van der Waals surface area contributed by atoms with Crippen LogP contribution in [0.1, 0.15) is 25.8 Å². The fourth-order valence-corrected chi connectivity index (χ4v) is 1.70. The van der Waals surface area contributed by atoms with Crippen molar-refractivity contribution in [3.8, 4) is 0 Å². The van der Waals surface area contributed by atoms with Crippen LogP contribution >= 0.6 is 0 Å². The second-order valence-electron chi connectivity index (χ2n) is 5.02. The SMILES string of the molecule is CC(C)COCCCNc1cc(CO)ccc1[N+](=O)[O-]. The molecule has 0 atom stereocenters. The number of ether oxygens (including phenoxy) is 1. The van der Waals surface area contributed by atoms with Crippen LogP contribution in [0.3, 0.4) is 0 Å². The molecule has 0 fully saturated rings. The number of nitrogens with one attached hydrogen (secondary N) is 1. The standard InChI is InChI=1S/C14H22N2O4/c1-11(2)10-20-7-3-6-15-13-8-12(9-17)4-5-14(13)16(18)19/h4-5,8,11,15,17H,3,6-7,9-10H2,1-2H3. The fraction of sp³-hybridized carbons (Fsp3) is 0.571. The summed E-state index contributed by atoms with van der Waals surface area (Å²) in [4.78, 5) is 10.5. The lowest BCUT2D eigenvalue weighted by Gasteiger charge is -2.09. The summed E-state index contributed by atoms with van der Waals surface area (Å²) >= 11 is 0. The summed E-state index contributed by atoms with van der Waals surface area (Å²) in [5, 5.41) is 23.0. The van der Waals surface area contributed by atoms with Gasteiger partial charge >= 0.3 is 0 Å². The molecule has 0 unspecified atom stereocenters. The fourth-order valence-electron chi connectivity index (χ4n) is 1.70. The molecule has 1 aromatic carbocycles. The first-order valence-corrected chi connectivity index (χ1v) is 6.74. The molecule has 1 aromatic rings. The number of anilines is 1. The molecule has 0 spiro atoms. The summed E-state index contributed by atoms with van der Waals surface area (Å²) in [6.07, 6.45) is 0.771. The Kier molecular flexibility index (Phi) is 6.97. The van der Waals surface area contributed by atoms with Crippen molar-refractivity contribution in [3.63, 3.8) is 0 Å². The topological polar surface area (TPSA) is 84.6 Å². The van der Waals surface area contributed by atoms with Gasteiger partial charge in [-0.25, -0.2) is 0 Å². The number of nitrogens with zero attached hydrogens (tertiary/aromatic N) is 1. The van der Waals surface area contributed by atoms with Gasteiger partial charge in [0, 0.05) is 25.8 Å². The number of hydrogen-bond donors (Lipinski definition) is 2. The zero-order valence-corrected chi connectivity index (χ0v) is 12.0. The van der Waals surface area contributed by atoms with Crippen LogP contribution in [0.2, 0.25) is 0 Å². The van der Waals surface area contributed by atoms with Gasteiger partial charge in [0.05, 0.1) is 11.5 Å². The molecule has 0 heterocycles. The molecular formula is C14H22N2O4. The van der Waals surface area contributed by atoms with Crippen molar-refractivity contribution in [1.82, 2.24) is 0 Å². The number of hydrogen-bond acceptors (Lipinski definition) is 5.